The number of rotatable bonds is 5. The maximum Gasteiger partial charge on any atom is 0.225 e. The molecule has 2 heterocycles. The summed E-state index contributed by atoms with van der Waals surface area (Å²) in [6, 6.07) is 7.97. The Hall–Kier alpha value is -2.37. The van der Waals surface area contributed by atoms with Crippen LogP contribution in [0.1, 0.15) is 19.8 Å². The molecular weight excluding hydrogens is 266 g/mol. The molecule has 1 unspecified atom stereocenters. The van der Waals surface area contributed by atoms with E-state index in [2.05, 4.69) is 32.8 Å². The topological polar surface area (TPSA) is 78.9 Å². The summed E-state index contributed by atoms with van der Waals surface area (Å²) in [5.41, 5.74) is 0.894. The van der Waals surface area contributed by atoms with Crippen molar-refractivity contribution in [2.75, 3.05) is 23.7 Å². The van der Waals surface area contributed by atoms with Crippen LogP contribution in [0, 0.1) is 0 Å². The van der Waals surface area contributed by atoms with E-state index in [1.165, 1.54) is 0 Å². The van der Waals surface area contributed by atoms with Crippen LogP contribution in [0.2, 0.25) is 0 Å². The molecule has 1 saturated heterocycles. The summed E-state index contributed by atoms with van der Waals surface area (Å²) in [6.07, 6.45) is 1.50. The van der Waals surface area contributed by atoms with Crippen LogP contribution in [0.25, 0.3) is 10.9 Å². The average Bonchev–Trinajstić information content (AvgIpc) is 2.90. The van der Waals surface area contributed by atoms with Crippen molar-refractivity contribution in [2.45, 2.75) is 25.8 Å². The first-order chi connectivity index (χ1) is 10.3. The Balaban J connectivity index is 1.92. The zero-order valence-corrected chi connectivity index (χ0v) is 12.0. The van der Waals surface area contributed by atoms with Gasteiger partial charge >= 0.3 is 0 Å². The molecule has 2 aromatic rings. The van der Waals surface area contributed by atoms with E-state index < -0.39 is 0 Å². The number of fused-ring (bicyclic) bond motifs is 1. The second-order valence-electron chi connectivity index (χ2n) is 5.19. The summed E-state index contributed by atoms with van der Waals surface area (Å²) in [4.78, 5) is 20.4. The minimum atomic E-state index is 0.0785. The molecule has 0 radical (unpaired) electrons. The lowest BCUT2D eigenvalue weighted by molar-refractivity contribution is -0.119. The third-order valence-electron chi connectivity index (χ3n) is 3.45. The maximum atomic E-state index is 11.3. The van der Waals surface area contributed by atoms with Crippen LogP contribution in [0.15, 0.2) is 24.3 Å². The molecule has 0 aliphatic carbocycles. The number of anilines is 2. The van der Waals surface area contributed by atoms with Gasteiger partial charge in [-0.15, -0.1) is 0 Å². The molecule has 0 bridgehead atoms. The van der Waals surface area contributed by atoms with Crippen LogP contribution in [-0.4, -0.2) is 35.0 Å². The molecule has 1 atom stereocenters. The Morgan fingerprint density at radius 1 is 1.33 bits per heavy atom. The molecule has 0 spiro atoms. The van der Waals surface area contributed by atoms with Crippen molar-refractivity contribution in [3.8, 4) is 0 Å². The number of carbonyl (C=O) groups excluding carboxylic acids is 1. The van der Waals surface area contributed by atoms with Crippen LogP contribution >= 0.6 is 0 Å². The molecule has 21 heavy (non-hydrogen) atoms. The molecule has 1 aromatic carbocycles. The highest BCUT2D eigenvalue weighted by Gasteiger charge is 2.22. The Kier molecular flexibility index (Phi) is 3.85. The van der Waals surface area contributed by atoms with Crippen molar-refractivity contribution in [3.63, 3.8) is 0 Å². The molecule has 6 heteroatoms. The molecular formula is C15H19N5O. The van der Waals surface area contributed by atoms with E-state index in [9.17, 15) is 4.79 Å². The maximum absolute atomic E-state index is 11.3. The zero-order chi connectivity index (χ0) is 14.7. The van der Waals surface area contributed by atoms with Gasteiger partial charge in [-0.2, -0.15) is 4.98 Å². The van der Waals surface area contributed by atoms with E-state index in [-0.39, 0.29) is 11.9 Å². The average molecular weight is 285 g/mol. The molecule has 3 N–H and O–H groups in total. The number of carbonyl (C=O) groups is 1. The summed E-state index contributed by atoms with van der Waals surface area (Å²) < 4.78 is 0. The second kappa shape index (κ2) is 5.95. The number of nitrogens with one attached hydrogen (secondary N) is 3. The first kappa shape index (κ1) is 13.6. The van der Waals surface area contributed by atoms with Crippen LogP contribution in [0.4, 0.5) is 11.8 Å². The molecule has 1 fully saturated rings. The minimum absolute atomic E-state index is 0.0785. The second-order valence-corrected chi connectivity index (χ2v) is 5.19. The normalized spacial score (nSPS) is 17.8. The Morgan fingerprint density at radius 2 is 2.19 bits per heavy atom. The lowest BCUT2D eigenvalue weighted by Gasteiger charge is -2.14. The minimum Gasteiger partial charge on any atom is -0.364 e. The number of para-hydroxylation sites is 1. The summed E-state index contributed by atoms with van der Waals surface area (Å²) >= 11 is 0. The number of amides is 1. The lowest BCUT2D eigenvalue weighted by atomic mass is 10.2. The number of hydrogen-bond acceptors (Lipinski definition) is 5. The fraction of sp³-hybridized carbons (Fsp3) is 0.400. The quantitative estimate of drug-likeness (QED) is 0.780. The van der Waals surface area contributed by atoms with Gasteiger partial charge in [-0.05, 0) is 18.6 Å². The summed E-state index contributed by atoms with van der Waals surface area (Å²) in [7, 11) is 0. The fourth-order valence-electron chi connectivity index (χ4n) is 2.40. The van der Waals surface area contributed by atoms with Crippen molar-refractivity contribution in [1.29, 1.82) is 0 Å². The highest BCUT2D eigenvalue weighted by atomic mass is 16.1. The van der Waals surface area contributed by atoms with Crippen LogP contribution in [0.5, 0.6) is 0 Å². The predicted molar refractivity (Wildman–Crippen MR) is 83.4 cm³/mol. The first-order valence-corrected chi connectivity index (χ1v) is 7.30. The van der Waals surface area contributed by atoms with Gasteiger partial charge in [-0.3, -0.25) is 4.79 Å². The Morgan fingerprint density at radius 3 is 2.95 bits per heavy atom. The van der Waals surface area contributed by atoms with Crippen molar-refractivity contribution >= 4 is 28.6 Å². The van der Waals surface area contributed by atoms with Crippen LogP contribution < -0.4 is 16.0 Å². The lowest BCUT2D eigenvalue weighted by Crippen LogP contribution is -2.23. The third kappa shape index (κ3) is 3.04. The summed E-state index contributed by atoms with van der Waals surface area (Å²) in [5, 5.41) is 10.4. The van der Waals surface area contributed by atoms with Crippen LogP contribution in [0.3, 0.4) is 0 Å². The van der Waals surface area contributed by atoms with Crippen molar-refractivity contribution in [2.24, 2.45) is 0 Å². The van der Waals surface area contributed by atoms with Gasteiger partial charge in [-0.1, -0.05) is 19.1 Å². The number of benzene rings is 1. The van der Waals surface area contributed by atoms with E-state index in [4.69, 9.17) is 0 Å². The van der Waals surface area contributed by atoms with Crippen molar-refractivity contribution in [3.05, 3.63) is 24.3 Å². The largest absolute Gasteiger partial charge is 0.364 e. The van der Waals surface area contributed by atoms with E-state index in [0.717, 1.165) is 29.7 Å². The van der Waals surface area contributed by atoms with Gasteiger partial charge in [0, 0.05) is 24.9 Å². The molecule has 0 saturated carbocycles. The van der Waals surface area contributed by atoms with Gasteiger partial charge in [0.2, 0.25) is 11.9 Å². The predicted octanol–water partition coefficient (Wildman–Crippen LogP) is 1.75. The molecule has 3 rings (SSSR count). The molecule has 1 aromatic heterocycles. The Bertz CT molecular complexity index is 658. The molecule has 1 aliphatic rings. The van der Waals surface area contributed by atoms with E-state index in [1.807, 2.05) is 24.3 Å². The van der Waals surface area contributed by atoms with Gasteiger partial charge in [0.05, 0.1) is 11.6 Å². The van der Waals surface area contributed by atoms with Gasteiger partial charge in [0.25, 0.3) is 0 Å². The van der Waals surface area contributed by atoms with Crippen molar-refractivity contribution < 1.29 is 4.79 Å². The van der Waals surface area contributed by atoms with E-state index in [1.54, 1.807) is 0 Å². The highest BCUT2D eigenvalue weighted by molar-refractivity contribution is 5.90. The van der Waals surface area contributed by atoms with E-state index in [0.29, 0.717) is 18.9 Å². The monoisotopic (exact) mass is 285 g/mol. The third-order valence-corrected chi connectivity index (χ3v) is 3.45. The number of nitrogens with zero attached hydrogens (tertiary/aromatic N) is 2. The SMILES string of the molecule is CCCNc1nc(NC2CNC(=O)C2)c2ccccc2n1. The van der Waals surface area contributed by atoms with Crippen molar-refractivity contribution in [1.82, 2.24) is 15.3 Å². The van der Waals surface area contributed by atoms with Gasteiger partial charge in [-0.25, -0.2) is 4.98 Å². The molecule has 110 valence electrons. The number of hydrogen-bond donors (Lipinski definition) is 3. The summed E-state index contributed by atoms with van der Waals surface area (Å²) in [6.45, 7) is 3.57. The number of aromatic nitrogens is 2. The Labute approximate surface area is 123 Å². The first-order valence-electron chi connectivity index (χ1n) is 7.30. The van der Waals surface area contributed by atoms with Gasteiger partial charge in [0.1, 0.15) is 5.82 Å². The zero-order valence-electron chi connectivity index (χ0n) is 12.0. The van der Waals surface area contributed by atoms with Gasteiger partial charge < -0.3 is 16.0 Å². The molecule has 6 nitrogen and oxygen atoms in total. The standard InChI is InChI=1S/C15H19N5O/c1-2-7-16-15-19-12-6-4-3-5-11(12)14(20-15)18-10-8-13(21)17-9-10/h3-6,10H,2,7-9H2,1H3,(H,17,21)(H2,16,18,19,20). The van der Waals surface area contributed by atoms with E-state index >= 15 is 0 Å². The van der Waals surface area contributed by atoms with Crippen LogP contribution in [-0.2, 0) is 4.79 Å². The fourth-order valence-corrected chi connectivity index (χ4v) is 2.40. The molecule has 1 amide bonds. The highest BCUT2D eigenvalue weighted by Crippen LogP contribution is 2.23. The smallest absolute Gasteiger partial charge is 0.225 e. The van der Waals surface area contributed by atoms with Gasteiger partial charge in [0.15, 0.2) is 0 Å². The summed E-state index contributed by atoms with van der Waals surface area (Å²) in [5.74, 6) is 1.48. The molecule has 1 aliphatic heterocycles.